The van der Waals surface area contributed by atoms with E-state index in [1.807, 2.05) is 0 Å². The van der Waals surface area contributed by atoms with Crippen LogP contribution in [0.2, 0.25) is 0 Å². The first kappa shape index (κ1) is 14.6. The fourth-order valence-corrected chi connectivity index (χ4v) is 2.40. The Morgan fingerprint density at radius 1 is 1.39 bits per heavy atom. The smallest absolute Gasteiger partial charge is 0.213 e. The van der Waals surface area contributed by atoms with E-state index in [-0.39, 0.29) is 5.75 Å². The highest BCUT2D eigenvalue weighted by atomic mass is 32.2. The van der Waals surface area contributed by atoms with Crippen LogP contribution in [-0.4, -0.2) is 34.4 Å². The zero-order valence-corrected chi connectivity index (χ0v) is 11.4. The van der Waals surface area contributed by atoms with Gasteiger partial charge in [-0.05, 0) is 12.1 Å². The SMILES string of the molecule is CCNS(=O)(=O)CCNc1ccc(N)c(OC)c1. The molecular formula is C11H19N3O3S. The first-order valence-electron chi connectivity index (χ1n) is 5.63. The van der Waals surface area contributed by atoms with Crippen LogP contribution in [0.25, 0.3) is 0 Å². The molecule has 6 nitrogen and oxygen atoms in total. The van der Waals surface area contributed by atoms with E-state index < -0.39 is 10.0 Å². The molecule has 102 valence electrons. The van der Waals surface area contributed by atoms with Gasteiger partial charge in [0.25, 0.3) is 0 Å². The fourth-order valence-electron chi connectivity index (χ4n) is 1.44. The molecule has 18 heavy (non-hydrogen) atoms. The van der Waals surface area contributed by atoms with Crippen molar-refractivity contribution in [3.63, 3.8) is 0 Å². The number of rotatable bonds is 7. The number of ether oxygens (including phenoxy) is 1. The van der Waals surface area contributed by atoms with Crippen molar-refractivity contribution in [2.24, 2.45) is 0 Å². The molecule has 0 bridgehead atoms. The van der Waals surface area contributed by atoms with Crippen LogP contribution in [0, 0.1) is 0 Å². The highest BCUT2D eigenvalue weighted by Crippen LogP contribution is 2.24. The monoisotopic (exact) mass is 273 g/mol. The Kier molecular flexibility index (Phi) is 5.24. The van der Waals surface area contributed by atoms with Gasteiger partial charge in [0.15, 0.2) is 0 Å². The minimum absolute atomic E-state index is 0.0214. The number of nitrogens with two attached hydrogens (primary N) is 1. The molecule has 0 heterocycles. The van der Waals surface area contributed by atoms with E-state index in [1.165, 1.54) is 7.11 Å². The summed E-state index contributed by atoms with van der Waals surface area (Å²) in [6, 6.07) is 5.22. The average Bonchev–Trinajstić information content (AvgIpc) is 2.31. The second kappa shape index (κ2) is 6.46. The molecule has 1 aromatic rings. The fraction of sp³-hybridized carbons (Fsp3) is 0.455. The molecular weight excluding hydrogens is 254 g/mol. The number of nitrogen functional groups attached to an aromatic ring is 1. The summed E-state index contributed by atoms with van der Waals surface area (Å²) < 4.78 is 30.3. The highest BCUT2D eigenvalue weighted by molar-refractivity contribution is 7.89. The lowest BCUT2D eigenvalue weighted by molar-refractivity contribution is 0.417. The molecule has 0 saturated heterocycles. The summed E-state index contributed by atoms with van der Waals surface area (Å²) in [5.74, 6) is 0.586. The predicted octanol–water partition coefficient (Wildman–Crippen LogP) is 0.629. The van der Waals surface area contributed by atoms with E-state index in [4.69, 9.17) is 10.5 Å². The summed E-state index contributed by atoms with van der Waals surface area (Å²) in [5.41, 5.74) is 6.99. The normalized spacial score (nSPS) is 11.2. The Hall–Kier alpha value is -1.47. The quantitative estimate of drug-likeness (QED) is 0.634. The van der Waals surface area contributed by atoms with Gasteiger partial charge in [-0.25, -0.2) is 13.1 Å². The van der Waals surface area contributed by atoms with Crippen LogP contribution in [0.4, 0.5) is 11.4 Å². The third-order valence-electron chi connectivity index (χ3n) is 2.30. The molecule has 1 rings (SSSR count). The molecule has 4 N–H and O–H groups in total. The maximum atomic E-state index is 11.4. The van der Waals surface area contributed by atoms with Gasteiger partial charge in [0.1, 0.15) is 5.75 Å². The summed E-state index contributed by atoms with van der Waals surface area (Å²) in [5, 5.41) is 3.01. The molecule has 0 spiro atoms. The molecule has 0 radical (unpaired) electrons. The van der Waals surface area contributed by atoms with Crippen LogP contribution >= 0.6 is 0 Å². The molecule has 0 aliphatic carbocycles. The van der Waals surface area contributed by atoms with Crippen LogP contribution in [0.1, 0.15) is 6.92 Å². The van der Waals surface area contributed by atoms with Crippen LogP contribution in [0.5, 0.6) is 5.75 Å². The number of sulfonamides is 1. The Morgan fingerprint density at radius 2 is 2.11 bits per heavy atom. The topological polar surface area (TPSA) is 93.5 Å². The second-order valence-corrected chi connectivity index (χ2v) is 5.63. The lowest BCUT2D eigenvalue weighted by atomic mass is 10.2. The molecule has 0 amide bonds. The van der Waals surface area contributed by atoms with Gasteiger partial charge in [0.05, 0.1) is 18.6 Å². The van der Waals surface area contributed by atoms with Crippen molar-refractivity contribution < 1.29 is 13.2 Å². The molecule has 1 aromatic carbocycles. The minimum Gasteiger partial charge on any atom is -0.495 e. The second-order valence-electron chi connectivity index (χ2n) is 3.70. The minimum atomic E-state index is -3.19. The van der Waals surface area contributed by atoms with Gasteiger partial charge in [0.2, 0.25) is 10.0 Å². The van der Waals surface area contributed by atoms with Gasteiger partial charge in [0, 0.05) is 24.8 Å². The van der Waals surface area contributed by atoms with Crippen molar-refractivity contribution in [1.29, 1.82) is 0 Å². The molecule has 0 aliphatic rings. The van der Waals surface area contributed by atoms with Gasteiger partial charge in [-0.3, -0.25) is 0 Å². The van der Waals surface area contributed by atoms with Crippen molar-refractivity contribution in [2.75, 3.05) is 37.0 Å². The number of anilines is 2. The molecule has 0 fully saturated rings. The summed E-state index contributed by atoms with van der Waals surface area (Å²) in [6.45, 7) is 2.47. The van der Waals surface area contributed by atoms with Crippen molar-refractivity contribution in [1.82, 2.24) is 4.72 Å². The Labute approximate surface area is 108 Å². The zero-order chi connectivity index (χ0) is 13.6. The Bertz CT molecular complexity index is 488. The number of methoxy groups -OCH3 is 1. The van der Waals surface area contributed by atoms with Gasteiger partial charge in [-0.15, -0.1) is 0 Å². The van der Waals surface area contributed by atoms with Crippen LogP contribution in [0.15, 0.2) is 18.2 Å². The van der Waals surface area contributed by atoms with Crippen LogP contribution in [0.3, 0.4) is 0 Å². The van der Waals surface area contributed by atoms with E-state index in [1.54, 1.807) is 25.1 Å². The molecule has 0 aliphatic heterocycles. The van der Waals surface area contributed by atoms with Gasteiger partial charge >= 0.3 is 0 Å². The van der Waals surface area contributed by atoms with E-state index >= 15 is 0 Å². The predicted molar refractivity (Wildman–Crippen MR) is 73.4 cm³/mol. The molecule has 0 unspecified atom stereocenters. The maximum Gasteiger partial charge on any atom is 0.213 e. The number of benzene rings is 1. The lowest BCUT2D eigenvalue weighted by Crippen LogP contribution is -2.29. The number of hydrogen-bond donors (Lipinski definition) is 3. The zero-order valence-electron chi connectivity index (χ0n) is 10.6. The molecule has 7 heteroatoms. The van der Waals surface area contributed by atoms with Crippen molar-refractivity contribution >= 4 is 21.4 Å². The van der Waals surface area contributed by atoms with Crippen LogP contribution < -0.4 is 20.5 Å². The summed E-state index contributed by atoms with van der Waals surface area (Å²) >= 11 is 0. The van der Waals surface area contributed by atoms with Crippen LogP contribution in [-0.2, 0) is 10.0 Å². The molecule has 0 aromatic heterocycles. The van der Waals surface area contributed by atoms with Crippen molar-refractivity contribution in [3.8, 4) is 5.75 Å². The van der Waals surface area contributed by atoms with Gasteiger partial charge < -0.3 is 15.8 Å². The Balaban J connectivity index is 2.54. The standard InChI is InChI=1S/C11H19N3O3S/c1-3-14-18(15,16)7-6-13-9-4-5-10(12)11(8-9)17-2/h4-5,8,13-14H,3,6-7,12H2,1-2H3. The van der Waals surface area contributed by atoms with E-state index in [9.17, 15) is 8.42 Å². The summed E-state index contributed by atoms with van der Waals surface area (Å²) in [6.07, 6.45) is 0. The number of hydrogen-bond acceptors (Lipinski definition) is 5. The van der Waals surface area contributed by atoms with Gasteiger partial charge in [-0.2, -0.15) is 0 Å². The molecule has 0 atom stereocenters. The first-order valence-corrected chi connectivity index (χ1v) is 7.28. The van der Waals surface area contributed by atoms with E-state index in [2.05, 4.69) is 10.0 Å². The third kappa shape index (κ3) is 4.42. The average molecular weight is 273 g/mol. The van der Waals surface area contributed by atoms with Crippen molar-refractivity contribution in [2.45, 2.75) is 6.92 Å². The summed E-state index contributed by atoms with van der Waals surface area (Å²) in [7, 11) is -1.66. The lowest BCUT2D eigenvalue weighted by Gasteiger charge is -2.10. The van der Waals surface area contributed by atoms with E-state index in [0.717, 1.165) is 5.69 Å². The molecule has 0 saturated carbocycles. The largest absolute Gasteiger partial charge is 0.495 e. The van der Waals surface area contributed by atoms with E-state index in [0.29, 0.717) is 24.5 Å². The first-order chi connectivity index (χ1) is 8.48. The number of nitrogens with one attached hydrogen (secondary N) is 2. The Morgan fingerprint density at radius 3 is 2.72 bits per heavy atom. The van der Waals surface area contributed by atoms with Crippen molar-refractivity contribution in [3.05, 3.63) is 18.2 Å². The third-order valence-corrected chi connectivity index (χ3v) is 3.77. The highest BCUT2D eigenvalue weighted by Gasteiger charge is 2.07. The van der Waals surface area contributed by atoms with Gasteiger partial charge in [-0.1, -0.05) is 6.92 Å². The maximum absolute atomic E-state index is 11.4. The summed E-state index contributed by atoms with van der Waals surface area (Å²) in [4.78, 5) is 0.